The van der Waals surface area contributed by atoms with Crippen LogP contribution in [0.1, 0.15) is 33.3 Å². The number of pyridine rings is 1. The molecule has 0 saturated heterocycles. The molecule has 0 saturated carbocycles. The van der Waals surface area contributed by atoms with Crippen molar-refractivity contribution in [3.05, 3.63) is 92.8 Å². The van der Waals surface area contributed by atoms with E-state index in [-0.39, 0.29) is 18.7 Å². The van der Waals surface area contributed by atoms with Gasteiger partial charge in [-0.3, -0.25) is 9.59 Å². The van der Waals surface area contributed by atoms with Crippen LogP contribution in [-0.4, -0.2) is 22.1 Å². The Morgan fingerprint density at radius 3 is 2.72 bits per heavy atom. The first-order valence-electron chi connectivity index (χ1n) is 9.98. The lowest BCUT2D eigenvalue weighted by Gasteiger charge is -2.08. The van der Waals surface area contributed by atoms with E-state index in [1.165, 1.54) is 18.7 Å². The van der Waals surface area contributed by atoms with Crippen molar-refractivity contribution >= 4 is 28.6 Å². The second kappa shape index (κ2) is 9.44. The predicted octanol–water partition coefficient (Wildman–Crippen LogP) is 3.13. The summed E-state index contributed by atoms with van der Waals surface area (Å²) in [5.74, 6) is 0.0531. The van der Waals surface area contributed by atoms with E-state index >= 15 is 0 Å². The number of rotatable bonds is 8. The quantitative estimate of drug-likeness (QED) is 0.376. The molecule has 0 aliphatic heterocycles. The first kappa shape index (κ1) is 21.9. The van der Waals surface area contributed by atoms with Gasteiger partial charge in [-0.25, -0.2) is 0 Å². The Balaban J connectivity index is 1.45. The molecule has 166 valence electrons. The van der Waals surface area contributed by atoms with E-state index in [0.29, 0.717) is 34.0 Å². The number of aryl methyl sites for hydroxylation is 1. The summed E-state index contributed by atoms with van der Waals surface area (Å²) in [6, 6.07) is 10.4. The van der Waals surface area contributed by atoms with Gasteiger partial charge < -0.3 is 29.1 Å². The Hall–Kier alpha value is -3.33. The Bertz CT molecular complexity index is 1280. The van der Waals surface area contributed by atoms with E-state index in [1.54, 1.807) is 35.9 Å². The molecule has 1 aromatic carbocycles. The zero-order valence-electron chi connectivity index (χ0n) is 17.3. The third-order valence-electron chi connectivity index (χ3n) is 5.07. The number of hydrogen-bond donors (Lipinski definition) is 3. The fraction of sp³-hybridized carbons (Fsp3) is 0.217. The number of halogens is 1. The minimum Gasteiger partial charge on any atom is -0.472 e. The van der Waals surface area contributed by atoms with Crippen LogP contribution in [0.5, 0.6) is 0 Å². The monoisotopic (exact) mass is 455 g/mol. The van der Waals surface area contributed by atoms with Gasteiger partial charge in [0.1, 0.15) is 11.3 Å². The number of benzene rings is 1. The maximum Gasteiger partial charge on any atom is 0.257 e. The number of amides is 1. The smallest absolute Gasteiger partial charge is 0.257 e. The van der Waals surface area contributed by atoms with Gasteiger partial charge in [0.2, 0.25) is 11.1 Å². The van der Waals surface area contributed by atoms with E-state index in [9.17, 15) is 14.7 Å². The Morgan fingerprint density at radius 2 is 2.00 bits per heavy atom. The van der Waals surface area contributed by atoms with Crippen LogP contribution >= 0.6 is 11.6 Å². The van der Waals surface area contributed by atoms with Crippen LogP contribution in [0.2, 0.25) is 5.02 Å². The first-order valence-corrected chi connectivity index (χ1v) is 10.4. The number of aromatic nitrogens is 1. The van der Waals surface area contributed by atoms with Crippen LogP contribution in [-0.2, 0) is 20.1 Å². The number of carbonyl (C=O) groups excluding carboxylic acids is 1. The molecule has 3 aromatic heterocycles. The first-order chi connectivity index (χ1) is 15.4. The van der Waals surface area contributed by atoms with Gasteiger partial charge >= 0.3 is 0 Å². The molecule has 1 atom stereocenters. The lowest BCUT2D eigenvalue weighted by Crippen LogP contribution is -2.29. The van der Waals surface area contributed by atoms with Gasteiger partial charge in [0.05, 0.1) is 30.6 Å². The van der Waals surface area contributed by atoms with Crippen LogP contribution in [0.4, 0.5) is 0 Å². The normalized spacial score (nSPS) is 12.2. The summed E-state index contributed by atoms with van der Waals surface area (Å²) in [5, 5.41) is 16.9. The fourth-order valence-electron chi connectivity index (χ4n) is 3.36. The van der Waals surface area contributed by atoms with Gasteiger partial charge in [-0.15, -0.1) is 0 Å². The molecule has 4 rings (SSSR count). The van der Waals surface area contributed by atoms with Crippen LogP contribution < -0.4 is 16.1 Å². The number of nitrogens with zero attached hydrogens (tertiary/aromatic N) is 1. The molecule has 3 N–H and O–H groups in total. The number of hydrogen-bond acceptors (Lipinski definition) is 6. The SMILES string of the molecule is Cn1cc(C(=O)NCc2ccc(Cl)cc2)c(=O)c2cc(CNCC(O)c3ccoc3)oc21. The third kappa shape index (κ3) is 4.77. The van der Waals surface area contributed by atoms with E-state index in [0.717, 1.165) is 5.56 Å². The van der Waals surface area contributed by atoms with Crippen molar-refractivity contribution in [3.63, 3.8) is 0 Å². The van der Waals surface area contributed by atoms with Crippen molar-refractivity contribution in [1.29, 1.82) is 0 Å². The molecule has 3 heterocycles. The number of carbonyl (C=O) groups is 1. The molecule has 8 nitrogen and oxygen atoms in total. The topological polar surface area (TPSA) is 110 Å². The largest absolute Gasteiger partial charge is 0.472 e. The highest BCUT2D eigenvalue weighted by molar-refractivity contribution is 6.30. The van der Waals surface area contributed by atoms with Crippen LogP contribution in [0.25, 0.3) is 11.1 Å². The van der Waals surface area contributed by atoms with Gasteiger partial charge in [-0.2, -0.15) is 0 Å². The van der Waals surface area contributed by atoms with Gasteiger partial charge in [0, 0.05) is 36.9 Å². The average molecular weight is 456 g/mol. The van der Waals surface area contributed by atoms with Crippen LogP contribution in [0.15, 0.2) is 68.8 Å². The number of aliphatic hydroxyl groups is 1. The molecular formula is C23H22ClN3O5. The van der Waals surface area contributed by atoms with Crippen LogP contribution in [0.3, 0.4) is 0 Å². The fourth-order valence-corrected chi connectivity index (χ4v) is 3.48. The molecule has 0 fully saturated rings. The summed E-state index contributed by atoms with van der Waals surface area (Å²) in [7, 11) is 1.71. The highest BCUT2D eigenvalue weighted by Crippen LogP contribution is 2.18. The van der Waals surface area contributed by atoms with Crippen molar-refractivity contribution in [3.8, 4) is 0 Å². The van der Waals surface area contributed by atoms with Crippen LogP contribution in [0, 0.1) is 0 Å². The number of aliphatic hydroxyl groups excluding tert-OH is 1. The van der Waals surface area contributed by atoms with Crippen molar-refractivity contribution in [2.75, 3.05) is 6.54 Å². The zero-order chi connectivity index (χ0) is 22.7. The second-order valence-corrected chi connectivity index (χ2v) is 7.86. The highest BCUT2D eigenvalue weighted by Gasteiger charge is 2.18. The third-order valence-corrected chi connectivity index (χ3v) is 5.32. The Morgan fingerprint density at radius 1 is 1.22 bits per heavy atom. The Labute approximate surface area is 188 Å². The molecule has 0 bridgehead atoms. The van der Waals surface area contributed by atoms with Gasteiger partial charge in [0.25, 0.3) is 5.91 Å². The second-order valence-electron chi connectivity index (χ2n) is 7.43. The lowest BCUT2D eigenvalue weighted by atomic mass is 10.2. The summed E-state index contributed by atoms with van der Waals surface area (Å²) >= 11 is 5.88. The maximum atomic E-state index is 12.9. The highest BCUT2D eigenvalue weighted by atomic mass is 35.5. The molecule has 4 aromatic rings. The van der Waals surface area contributed by atoms with Crippen molar-refractivity contribution in [2.24, 2.45) is 7.05 Å². The number of fused-ring (bicyclic) bond motifs is 1. The van der Waals surface area contributed by atoms with E-state index in [4.69, 9.17) is 20.4 Å². The van der Waals surface area contributed by atoms with Gasteiger partial charge in [-0.1, -0.05) is 23.7 Å². The molecule has 0 spiro atoms. The van der Waals surface area contributed by atoms with Gasteiger partial charge in [0.15, 0.2) is 0 Å². The number of furan rings is 2. The molecule has 0 aliphatic carbocycles. The van der Waals surface area contributed by atoms with E-state index in [2.05, 4.69) is 10.6 Å². The zero-order valence-corrected chi connectivity index (χ0v) is 18.1. The summed E-state index contributed by atoms with van der Waals surface area (Å²) in [4.78, 5) is 25.5. The van der Waals surface area contributed by atoms with E-state index in [1.807, 2.05) is 12.1 Å². The maximum absolute atomic E-state index is 12.9. The Kier molecular flexibility index (Phi) is 6.45. The minimum atomic E-state index is -0.722. The molecule has 1 amide bonds. The molecular weight excluding hydrogens is 434 g/mol. The number of nitrogens with one attached hydrogen (secondary N) is 2. The minimum absolute atomic E-state index is 0.0321. The standard InChI is InChI=1S/C23H22ClN3O5/c1-27-12-19(22(30)26-9-14-2-4-16(24)5-3-14)21(29)18-8-17(32-23(18)27)10-25-11-20(28)15-6-7-31-13-15/h2-8,12-13,20,25,28H,9-11H2,1H3,(H,26,30). The molecule has 0 radical (unpaired) electrons. The van der Waals surface area contributed by atoms with E-state index < -0.39 is 17.4 Å². The van der Waals surface area contributed by atoms with Crippen molar-refractivity contribution in [1.82, 2.24) is 15.2 Å². The molecule has 32 heavy (non-hydrogen) atoms. The summed E-state index contributed by atoms with van der Waals surface area (Å²) in [6.07, 6.45) is 3.72. The predicted molar refractivity (Wildman–Crippen MR) is 119 cm³/mol. The lowest BCUT2D eigenvalue weighted by molar-refractivity contribution is 0.0949. The summed E-state index contributed by atoms with van der Waals surface area (Å²) in [6.45, 7) is 0.864. The van der Waals surface area contributed by atoms with Crippen molar-refractivity contribution in [2.45, 2.75) is 19.2 Å². The van der Waals surface area contributed by atoms with Crippen molar-refractivity contribution < 1.29 is 18.7 Å². The summed E-state index contributed by atoms with van der Waals surface area (Å²) in [5.41, 5.74) is 1.54. The molecule has 9 heteroatoms. The molecule has 0 aliphatic rings. The van der Waals surface area contributed by atoms with Gasteiger partial charge in [-0.05, 0) is 29.8 Å². The average Bonchev–Trinajstić information content (AvgIpc) is 3.46. The summed E-state index contributed by atoms with van der Waals surface area (Å²) < 4.78 is 12.4. The molecule has 1 unspecified atom stereocenters.